The highest BCUT2D eigenvalue weighted by atomic mass is 79.9. The minimum absolute atomic E-state index is 0.220. The zero-order valence-electron chi connectivity index (χ0n) is 10.8. The molecule has 1 aromatic carbocycles. The first kappa shape index (κ1) is 16.1. The van der Waals surface area contributed by atoms with Crippen LogP contribution in [0.2, 0.25) is 0 Å². The van der Waals surface area contributed by atoms with E-state index in [1.807, 2.05) is 13.8 Å². The van der Waals surface area contributed by atoms with Gasteiger partial charge in [-0.25, -0.2) is 18.1 Å². The first-order chi connectivity index (χ1) is 9.31. The van der Waals surface area contributed by atoms with Gasteiger partial charge in [-0.05, 0) is 47.5 Å². The number of nitrogens with one attached hydrogen (secondary N) is 1. The third-order valence-electron chi connectivity index (χ3n) is 2.77. The molecule has 0 aliphatic heterocycles. The molecule has 1 aromatic heterocycles. The summed E-state index contributed by atoms with van der Waals surface area (Å²) in [5.41, 5.74) is 3.52. The Balaban J connectivity index is 2.27. The van der Waals surface area contributed by atoms with Crippen molar-refractivity contribution in [2.24, 2.45) is 0 Å². The van der Waals surface area contributed by atoms with Gasteiger partial charge in [0, 0.05) is 20.4 Å². The van der Waals surface area contributed by atoms with Crippen LogP contribution in [0.15, 0.2) is 31.5 Å². The van der Waals surface area contributed by atoms with Crippen LogP contribution < -0.4 is 4.72 Å². The van der Waals surface area contributed by atoms with E-state index in [2.05, 4.69) is 41.6 Å². The van der Waals surface area contributed by atoms with Crippen molar-refractivity contribution in [1.82, 2.24) is 9.71 Å². The molecule has 0 aliphatic rings. The maximum Gasteiger partial charge on any atom is 0.242 e. The molecule has 1 heterocycles. The number of aromatic nitrogens is 1. The molecule has 4 nitrogen and oxygen atoms in total. The summed E-state index contributed by atoms with van der Waals surface area (Å²) >= 11 is 8.09. The average molecular weight is 440 g/mol. The lowest BCUT2D eigenvalue weighted by atomic mass is 10.2. The number of hydrogen-bond acceptors (Lipinski definition) is 4. The van der Waals surface area contributed by atoms with E-state index in [1.54, 1.807) is 17.6 Å². The second-order valence-electron chi connectivity index (χ2n) is 4.22. The van der Waals surface area contributed by atoms with Crippen molar-refractivity contribution in [2.45, 2.75) is 25.3 Å². The van der Waals surface area contributed by atoms with Gasteiger partial charge in [-0.3, -0.25) is 0 Å². The van der Waals surface area contributed by atoms with Gasteiger partial charge in [0.15, 0.2) is 0 Å². The molecule has 0 atom stereocenters. The highest BCUT2D eigenvalue weighted by Crippen LogP contribution is 2.29. The molecule has 0 amide bonds. The van der Waals surface area contributed by atoms with Gasteiger partial charge in [0.1, 0.15) is 0 Å². The Morgan fingerprint density at radius 3 is 2.55 bits per heavy atom. The fourth-order valence-corrected chi connectivity index (χ4v) is 5.05. The van der Waals surface area contributed by atoms with Crippen LogP contribution in [0.25, 0.3) is 0 Å². The van der Waals surface area contributed by atoms with E-state index in [0.29, 0.717) is 4.47 Å². The van der Waals surface area contributed by atoms with Gasteiger partial charge < -0.3 is 0 Å². The summed E-state index contributed by atoms with van der Waals surface area (Å²) in [6.07, 6.45) is 0. The number of rotatable bonds is 4. The topological polar surface area (TPSA) is 59.1 Å². The van der Waals surface area contributed by atoms with Gasteiger partial charge in [-0.15, -0.1) is 11.3 Å². The van der Waals surface area contributed by atoms with Gasteiger partial charge in [0.25, 0.3) is 0 Å². The van der Waals surface area contributed by atoms with E-state index in [9.17, 15) is 8.42 Å². The first-order valence-corrected chi connectivity index (χ1v) is 9.60. The summed E-state index contributed by atoms with van der Waals surface area (Å²) < 4.78 is 28.6. The molecule has 0 aliphatic carbocycles. The first-order valence-electron chi connectivity index (χ1n) is 5.65. The normalized spacial score (nSPS) is 11.8. The Kier molecular flexibility index (Phi) is 5.01. The average Bonchev–Trinajstić information content (AvgIpc) is 2.77. The minimum Gasteiger partial charge on any atom is -0.250 e. The molecule has 108 valence electrons. The van der Waals surface area contributed by atoms with E-state index < -0.39 is 10.0 Å². The summed E-state index contributed by atoms with van der Waals surface area (Å²) in [4.78, 5) is 5.23. The predicted octanol–water partition coefficient (Wildman–Crippen LogP) is 3.76. The molecule has 1 N–H and O–H groups in total. The number of nitrogens with zero attached hydrogens (tertiary/aromatic N) is 1. The maximum atomic E-state index is 12.3. The second kappa shape index (κ2) is 6.23. The Hall–Kier alpha value is -0.280. The number of hydrogen-bond donors (Lipinski definition) is 1. The summed E-state index contributed by atoms with van der Waals surface area (Å²) in [6.45, 7) is 4.01. The molecule has 0 radical (unpaired) electrons. The molecule has 2 rings (SSSR count). The monoisotopic (exact) mass is 438 g/mol. The Morgan fingerprint density at radius 1 is 1.25 bits per heavy atom. The van der Waals surface area contributed by atoms with Crippen LogP contribution in [0.3, 0.4) is 0 Å². The Labute approximate surface area is 138 Å². The molecular weight excluding hydrogens is 428 g/mol. The van der Waals surface area contributed by atoms with Crippen molar-refractivity contribution in [3.63, 3.8) is 0 Å². The van der Waals surface area contributed by atoms with Gasteiger partial charge >= 0.3 is 0 Å². The minimum atomic E-state index is -3.57. The molecule has 0 saturated heterocycles. The lowest BCUT2D eigenvalue weighted by molar-refractivity contribution is 0.581. The molecule has 0 fully saturated rings. The van der Waals surface area contributed by atoms with E-state index in [1.165, 1.54) is 11.3 Å². The number of halogens is 2. The summed E-state index contributed by atoms with van der Waals surface area (Å²) in [6, 6.07) is 3.37. The van der Waals surface area contributed by atoms with Gasteiger partial charge in [-0.2, -0.15) is 0 Å². The van der Waals surface area contributed by atoms with Crippen LogP contribution in [0.1, 0.15) is 16.1 Å². The highest BCUT2D eigenvalue weighted by Gasteiger charge is 2.19. The summed E-state index contributed by atoms with van der Waals surface area (Å²) in [5, 5.41) is 0. The zero-order valence-corrected chi connectivity index (χ0v) is 15.6. The molecule has 0 unspecified atom stereocenters. The predicted molar refractivity (Wildman–Crippen MR) is 87.5 cm³/mol. The number of benzene rings is 1. The Bertz CT molecular complexity index is 742. The molecule has 0 bridgehead atoms. The van der Waals surface area contributed by atoms with Crippen LogP contribution in [0, 0.1) is 13.8 Å². The van der Waals surface area contributed by atoms with Gasteiger partial charge in [0.2, 0.25) is 10.0 Å². The van der Waals surface area contributed by atoms with E-state index in [0.717, 1.165) is 20.6 Å². The lowest BCUT2D eigenvalue weighted by Crippen LogP contribution is -2.23. The molecule has 0 spiro atoms. The number of thiazole rings is 1. The number of sulfonamides is 1. The van der Waals surface area contributed by atoms with Crippen molar-refractivity contribution in [3.8, 4) is 0 Å². The molecule has 2 aromatic rings. The quantitative estimate of drug-likeness (QED) is 0.788. The van der Waals surface area contributed by atoms with Crippen molar-refractivity contribution < 1.29 is 8.42 Å². The maximum absolute atomic E-state index is 12.3. The highest BCUT2D eigenvalue weighted by molar-refractivity contribution is 9.11. The lowest BCUT2D eigenvalue weighted by Gasteiger charge is -2.10. The standard InChI is InChI=1S/C12H12Br2N2O2S2/c1-7-3-10(14)12(4-9(7)13)20(17,18)16-5-11-8(2)15-6-19-11/h3-4,6,16H,5H2,1-2H3. The van der Waals surface area contributed by atoms with Crippen LogP contribution in [-0.2, 0) is 16.6 Å². The Morgan fingerprint density at radius 2 is 1.95 bits per heavy atom. The molecule has 0 saturated carbocycles. The van der Waals surface area contributed by atoms with Crippen molar-refractivity contribution in [2.75, 3.05) is 0 Å². The smallest absolute Gasteiger partial charge is 0.242 e. The fourth-order valence-electron chi connectivity index (χ4n) is 1.57. The van der Waals surface area contributed by atoms with E-state index in [-0.39, 0.29) is 11.4 Å². The van der Waals surface area contributed by atoms with E-state index in [4.69, 9.17) is 0 Å². The van der Waals surface area contributed by atoms with Crippen molar-refractivity contribution >= 4 is 53.2 Å². The third-order valence-corrected chi connectivity index (χ3v) is 6.92. The number of aryl methyl sites for hydroxylation is 2. The van der Waals surface area contributed by atoms with Crippen LogP contribution >= 0.6 is 43.2 Å². The SMILES string of the molecule is Cc1cc(Br)c(S(=O)(=O)NCc2scnc2C)cc1Br. The fraction of sp³-hybridized carbons (Fsp3) is 0.250. The summed E-state index contributed by atoms with van der Waals surface area (Å²) in [5.74, 6) is 0. The summed E-state index contributed by atoms with van der Waals surface area (Å²) in [7, 11) is -3.57. The van der Waals surface area contributed by atoms with Gasteiger partial charge in [0.05, 0.1) is 16.1 Å². The second-order valence-corrected chi connectivity index (χ2v) is 8.60. The van der Waals surface area contributed by atoms with E-state index >= 15 is 0 Å². The van der Waals surface area contributed by atoms with Gasteiger partial charge in [-0.1, -0.05) is 15.9 Å². The zero-order chi connectivity index (χ0) is 14.9. The third kappa shape index (κ3) is 3.48. The van der Waals surface area contributed by atoms with Crippen LogP contribution in [0.4, 0.5) is 0 Å². The van der Waals surface area contributed by atoms with Crippen molar-refractivity contribution in [3.05, 3.63) is 42.7 Å². The van der Waals surface area contributed by atoms with Crippen LogP contribution in [-0.4, -0.2) is 13.4 Å². The molecular formula is C12H12Br2N2O2S2. The largest absolute Gasteiger partial charge is 0.250 e. The van der Waals surface area contributed by atoms with Crippen LogP contribution in [0.5, 0.6) is 0 Å². The molecule has 20 heavy (non-hydrogen) atoms. The molecule has 8 heteroatoms. The van der Waals surface area contributed by atoms with Crippen molar-refractivity contribution in [1.29, 1.82) is 0 Å².